The summed E-state index contributed by atoms with van der Waals surface area (Å²) in [5, 5.41) is 5.81. The van der Waals surface area contributed by atoms with Gasteiger partial charge in [0.25, 0.3) is 0 Å². The van der Waals surface area contributed by atoms with E-state index in [0.29, 0.717) is 0 Å². The summed E-state index contributed by atoms with van der Waals surface area (Å²) in [4.78, 5) is 5.11. The molecule has 4 nitrogen and oxygen atoms in total. The molecule has 10 aromatic rings. The van der Waals surface area contributed by atoms with Crippen LogP contribution >= 0.6 is 0 Å². The first-order valence-electron chi connectivity index (χ1n) is 25.0. The van der Waals surface area contributed by atoms with Gasteiger partial charge in [0.15, 0.2) is 5.58 Å². The molecule has 69 heavy (non-hydrogen) atoms. The second-order valence-electron chi connectivity index (χ2n) is 23.6. The van der Waals surface area contributed by atoms with Crippen molar-refractivity contribution in [1.82, 2.24) is 0 Å². The third-order valence-electron chi connectivity index (χ3n) is 16.2. The maximum atomic E-state index is 7.69. The van der Waals surface area contributed by atoms with Crippen LogP contribution in [0.4, 0.5) is 28.6 Å². The van der Waals surface area contributed by atoms with Crippen LogP contribution in [0.1, 0.15) is 104 Å². The van der Waals surface area contributed by atoms with Gasteiger partial charge in [-0.15, -0.1) is 0 Å². The van der Waals surface area contributed by atoms with E-state index in [4.69, 9.17) is 8.83 Å². The van der Waals surface area contributed by atoms with Crippen LogP contribution in [0, 0.1) is 0 Å². The monoisotopic (exact) mass is 898 g/mol. The first-order valence-corrected chi connectivity index (χ1v) is 25.0. The Bertz CT molecular complexity index is 3760. The molecule has 4 heterocycles. The van der Waals surface area contributed by atoms with Gasteiger partial charge in [0.05, 0.1) is 11.4 Å². The number of rotatable bonds is 3. The Balaban J connectivity index is 1.23. The van der Waals surface area contributed by atoms with Crippen molar-refractivity contribution in [2.24, 2.45) is 0 Å². The minimum atomic E-state index is -0.286. The number of furan rings is 2. The number of para-hydroxylation sites is 1. The molecule has 2 aromatic heterocycles. The highest BCUT2D eigenvalue weighted by Gasteiger charge is 2.50. The van der Waals surface area contributed by atoms with E-state index < -0.39 is 0 Å². The molecule has 0 saturated carbocycles. The van der Waals surface area contributed by atoms with Crippen LogP contribution in [-0.4, -0.2) is 6.85 Å². The Morgan fingerprint density at radius 3 is 1.88 bits per heavy atom. The minimum Gasteiger partial charge on any atom is -0.454 e. The van der Waals surface area contributed by atoms with Crippen molar-refractivity contribution in [3.8, 4) is 22.3 Å². The number of anilines is 5. The van der Waals surface area contributed by atoms with Gasteiger partial charge in [-0.2, -0.15) is 0 Å². The fraction of sp³-hybridized carbons (Fsp3) is 0.250. The van der Waals surface area contributed by atoms with E-state index in [1.165, 1.54) is 66.0 Å². The van der Waals surface area contributed by atoms with Gasteiger partial charge in [0.2, 0.25) is 5.88 Å². The molecule has 8 aromatic carbocycles. The zero-order chi connectivity index (χ0) is 47.5. The van der Waals surface area contributed by atoms with Crippen LogP contribution in [0.5, 0.6) is 0 Å². The highest BCUT2D eigenvalue weighted by atomic mass is 16.4. The van der Waals surface area contributed by atoms with Crippen LogP contribution in [0.15, 0.2) is 160 Å². The van der Waals surface area contributed by atoms with Gasteiger partial charge in [-0.05, 0) is 139 Å². The third kappa shape index (κ3) is 6.14. The molecule has 0 amide bonds. The zero-order valence-electron chi connectivity index (χ0n) is 41.6. The number of hydrogen-bond donors (Lipinski definition) is 0. The smallest absolute Gasteiger partial charge is 0.337 e. The molecule has 13 rings (SSSR count). The maximum absolute atomic E-state index is 7.69. The molecule has 0 unspecified atom stereocenters. The van der Waals surface area contributed by atoms with E-state index in [1.807, 2.05) is 0 Å². The SMILES string of the molecule is CC(C)(C)c1ccc(N2B3c4c(cc5ccccc5c4-c4ccc5c(oc6ccccc65)c42)N(c2ccc(C(C)(C)C)cc2-c2ccccc2)c2oc4cc5c(cc4c23)C(C)(C)CCC5(C)C)cc1. The molecule has 0 bridgehead atoms. The topological polar surface area (TPSA) is 32.8 Å². The predicted octanol–water partition coefficient (Wildman–Crippen LogP) is 16.8. The predicted molar refractivity (Wildman–Crippen MR) is 293 cm³/mol. The molecular weight excluding hydrogens is 840 g/mol. The quantitative estimate of drug-likeness (QED) is 0.165. The van der Waals surface area contributed by atoms with Crippen LogP contribution in [0.2, 0.25) is 0 Å². The first kappa shape index (κ1) is 42.2. The summed E-state index contributed by atoms with van der Waals surface area (Å²) < 4.78 is 14.8. The molecule has 0 saturated heterocycles. The first-order chi connectivity index (χ1) is 33.0. The average molecular weight is 899 g/mol. The van der Waals surface area contributed by atoms with Crippen LogP contribution < -0.4 is 20.6 Å². The standard InChI is InChI=1S/C64H59BN2O2/c1-61(2,3)40-24-27-42(28-25-40)67-58-46(30-29-45-44-22-16-17-23-53(44)68-59(45)58)55-43-21-15-14-20-39(43)34-52-57(55)65(67)56-48-36-49-50(64(9,10)33-32-63(49,7)8)37-54(48)69-60(56)66(52)51-31-26-41(62(4,5)6)35-47(51)38-18-12-11-13-19-38/h11-31,34-37H,32-33H2,1-10H3. The van der Waals surface area contributed by atoms with Crippen molar-refractivity contribution < 1.29 is 8.83 Å². The highest BCUT2D eigenvalue weighted by Crippen LogP contribution is 2.55. The van der Waals surface area contributed by atoms with Crippen molar-refractivity contribution in [3.05, 3.63) is 174 Å². The summed E-state index contributed by atoms with van der Waals surface area (Å²) in [7, 11) is 0. The van der Waals surface area contributed by atoms with E-state index in [2.05, 4.69) is 231 Å². The highest BCUT2D eigenvalue weighted by molar-refractivity contribution is 6.95. The van der Waals surface area contributed by atoms with Gasteiger partial charge in [0, 0.05) is 44.1 Å². The van der Waals surface area contributed by atoms with Crippen molar-refractivity contribution in [1.29, 1.82) is 0 Å². The lowest BCUT2D eigenvalue weighted by atomic mass is 9.43. The van der Waals surface area contributed by atoms with Crippen LogP contribution in [0.3, 0.4) is 0 Å². The molecule has 1 aliphatic carbocycles. The molecule has 0 N–H and O–H groups in total. The van der Waals surface area contributed by atoms with Gasteiger partial charge in [-0.3, -0.25) is 4.90 Å². The summed E-state index contributed by atoms with van der Waals surface area (Å²) in [5.74, 6) is 0.860. The lowest BCUT2D eigenvalue weighted by Gasteiger charge is -2.45. The van der Waals surface area contributed by atoms with Crippen LogP contribution in [-0.2, 0) is 21.7 Å². The van der Waals surface area contributed by atoms with Crippen molar-refractivity contribution >= 4 is 90.1 Å². The second-order valence-corrected chi connectivity index (χ2v) is 23.6. The van der Waals surface area contributed by atoms with Gasteiger partial charge in [-0.25, -0.2) is 0 Å². The zero-order valence-corrected chi connectivity index (χ0v) is 41.6. The van der Waals surface area contributed by atoms with Gasteiger partial charge in [0.1, 0.15) is 11.2 Å². The Hall–Kier alpha value is -6.98. The fourth-order valence-corrected chi connectivity index (χ4v) is 12.2. The third-order valence-corrected chi connectivity index (χ3v) is 16.2. The Labute approximate surface area is 406 Å². The fourth-order valence-electron chi connectivity index (χ4n) is 12.2. The Morgan fingerprint density at radius 1 is 0.507 bits per heavy atom. The Morgan fingerprint density at radius 2 is 1.16 bits per heavy atom. The number of hydrogen-bond acceptors (Lipinski definition) is 4. The number of benzene rings is 8. The van der Waals surface area contributed by atoms with Crippen LogP contribution in [0.25, 0.3) is 65.9 Å². The summed E-state index contributed by atoms with van der Waals surface area (Å²) >= 11 is 0. The summed E-state index contributed by atoms with van der Waals surface area (Å²) in [6, 6.07) is 57.0. The molecule has 0 spiro atoms. The van der Waals surface area contributed by atoms with Crippen molar-refractivity contribution in [2.45, 2.75) is 104 Å². The van der Waals surface area contributed by atoms with E-state index >= 15 is 0 Å². The lowest BCUT2D eigenvalue weighted by molar-refractivity contribution is 0.332. The summed E-state index contributed by atoms with van der Waals surface area (Å²) in [6.07, 6.45) is 2.25. The average Bonchev–Trinajstić information content (AvgIpc) is 3.91. The summed E-state index contributed by atoms with van der Waals surface area (Å²) in [6.45, 7) is 23.2. The second kappa shape index (κ2) is 14.3. The van der Waals surface area contributed by atoms with Gasteiger partial charge < -0.3 is 13.6 Å². The molecule has 0 fully saturated rings. The minimum absolute atomic E-state index is 0.000657. The van der Waals surface area contributed by atoms with E-state index in [0.717, 1.165) is 74.6 Å². The van der Waals surface area contributed by atoms with E-state index in [-0.39, 0.29) is 28.5 Å². The Kier molecular flexibility index (Phi) is 8.73. The van der Waals surface area contributed by atoms with E-state index in [9.17, 15) is 0 Å². The normalized spacial score (nSPS) is 16.0. The van der Waals surface area contributed by atoms with Gasteiger partial charge in [-0.1, -0.05) is 166 Å². The van der Waals surface area contributed by atoms with Gasteiger partial charge >= 0.3 is 6.85 Å². The molecule has 3 aliphatic rings. The summed E-state index contributed by atoms with van der Waals surface area (Å²) in [5.41, 5.74) is 19.6. The number of nitrogens with zero attached hydrogens (tertiary/aromatic N) is 2. The molecule has 0 atom stereocenters. The molecular formula is C64H59BN2O2. The molecule has 2 aliphatic heterocycles. The number of fused-ring (bicyclic) bond motifs is 13. The largest absolute Gasteiger partial charge is 0.454 e. The molecule has 0 radical (unpaired) electrons. The molecule has 340 valence electrons. The maximum Gasteiger partial charge on any atom is 0.337 e. The van der Waals surface area contributed by atoms with Crippen molar-refractivity contribution in [2.75, 3.05) is 9.71 Å². The lowest BCUT2D eigenvalue weighted by Crippen LogP contribution is -2.61. The van der Waals surface area contributed by atoms with Crippen molar-refractivity contribution in [3.63, 3.8) is 0 Å². The van der Waals surface area contributed by atoms with E-state index in [1.54, 1.807) is 0 Å². The molecule has 5 heteroatoms.